The molecule has 0 aromatic heterocycles. The number of hydrogen-bond donors (Lipinski definition) is 2. The van der Waals surface area contributed by atoms with Gasteiger partial charge in [-0.15, -0.1) is 0 Å². The molecule has 0 saturated heterocycles. The minimum Gasteiger partial charge on any atom is -0.493 e. The molecule has 3 rings (SSSR count). The number of carbonyl (C=O) groups excluding carboxylic acids is 2. The average Bonchev–Trinajstić information content (AvgIpc) is 3.59. The van der Waals surface area contributed by atoms with E-state index in [2.05, 4.69) is 17.6 Å². The fraction of sp³-hybridized carbons (Fsp3) is 0.636. The van der Waals surface area contributed by atoms with Crippen molar-refractivity contribution in [1.29, 1.82) is 0 Å². The maximum Gasteiger partial charge on any atom is 0.317 e. The quantitative estimate of drug-likeness (QED) is 0.699. The summed E-state index contributed by atoms with van der Waals surface area (Å²) in [4.78, 5) is 27.3. The van der Waals surface area contributed by atoms with Crippen LogP contribution in [0.25, 0.3) is 0 Å². The third-order valence-electron chi connectivity index (χ3n) is 5.81. The highest BCUT2D eigenvalue weighted by atomic mass is 16.5. The first-order valence-electron chi connectivity index (χ1n) is 10.6. The molecular formula is C22H33N3O4. The lowest BCUT2D eigenvalue weighted by Gasteiger charge is -2.42. The van der Waals surface area contributed by atoms with Crippen molar-refractivity contribution in [2.24, 2.45) is 5.92 Å². The molecular weight excluding hydrogens is 370 g/mol. The van der Waals surface area contributed by atoms with Gasteiger partial charge in [-0.1, -0.05) is 13.8 Å². The Balaban J connectivity index is 1.98. The van der Waals surface area contributed by atoms with Crippen molar-refractivity contribution in [2.75, 3.05) is 27.3 Å². The van der Waals surface area contributed by atoms with E-state index in [1.807, 2.05) is 24.0 Å². The Bertz CT molecular complexity index is 748. The van der Waals surface area contributed by atoms with Gasteiger partial charge in [-0.05, 0) is 55.4 Å². The van der Waals surface area contributed by atoms with Gasteiger partial charge in [0.25, 0.3) is 0 Å². The standard InChI is InChI=1S/C22H33N3O4/c1-5-10-23-22(27)25-11-9-15-12-18(28-3)19(29-4)13-16(15)20(25)17(6-2)24-21(26)14-7-8-14/h12-14,17,20H,5-11H2,1-4H3,(H,23,27)(H,24,26)/t17-,20-/m0/s1. The third kappa shape index (κ3) is 4.60. The van der Waals surface area contributed by atoms with Crippen LogP contribution in [0.15, 0.2) is 12.1 Å². The topological polar surface area (TPSA) is 79.9 Å². The van der Waals surface area contributed by atoms with Crippen molar-refractivity contribution in [3.05, 3.63) is 23.3 Å². The van der Waals surface area contributed by atoms with Crippen molar-refractivity contribution < 1.29 is 19.1 Å². The van der Waals surface area contributed by atoms with Crippen LogP contribution >= 0.6 is 0 Å². The van der Waals surface area contributed by atoms with Crippen molar-refractivity contribution in [3.63, 3.8) is 0 Å². The number of rotatable bonds is 8. The lowest BCUT2D eigenvalue weighted by molar-refractivity contribution is -0.123. The van der Waals surface area contributed by atoms with Gasteiger partial charge in [0.15, 0.2) is 11.5 Å². The largest absolute Gasteiger partial charge is 0.493 e. The number of ether oxygens (including phenoxy) is 2. The van der Waals surface area contributed by atoms with E-state index in [0.717, 1.165) is 43.2 Å². The zero-order valence-electron chi connectivity index (χ0n) is 17.9. The van der Waals surface area contributed by atoms with Gasteiger partial charge in [-0.3, -0.25) is 4.79 Å². The summed E-state index contributed by atoms with van der Waals surface area (Å²) in [6.45, 7) is 5.31. The lowest BCUT2D eigenvalue weighted by Crippen LogP contribution is -2.53. The van der Waals surface area contributed by atoms with Gasteiger partial charge in [0.05, 0.1) is 26.3 Å². The monoisotopic (exact) mass is 403 g/mol. The van der Waals surface area contributed by atoms with Gasteiger partial charge in [-0.2, -0.15) is 0 Å². The van der Waals surface area contributed by atoms with Gasteiger partial charge in [0, 0.05) is 19.0 Å². The van der Waals surface area contributed by atoms with E-state index < -0.39 is 0 Å². The van der Waals surface area contributed by atoms with E-state index in [4.69, 9.17) is 9.47 Å². The molecule has 0 spiro atoms. The summed E-state index contributed by atoms with van der Waals surface area (Å²) >= 11 is 0. The van der Waals surface area contributed by atoms with Crippen LogP contribution in [0, 0.1) is 5.92 Å². The van der Waals surface area contributed by atoms with E-state index in [-0.39, 0.29) is 29.9 Å². The normalized spacial score (nSPS) is 19.2. The molecule has 29 heavy (non-hydrogen) atoms. The van der Waals surface area contributed by atoms with Crippen LogP contribution in [-0.4, -0.2) is 50.2 Å². The second-order valence-corrected chi connectivity index (χ2v) is 7.82. The van der Waals surface area contributed by atoms with E-state index in [0.29, 0.717) is 24.6 Å². The van der Waals surface area contributed by atoms with Gasteiger partial charge in [0.1, 0.15) is 0 Å². The average molecular weight is 404 g/mol. The number of urea groups is 1. The highest BCUT2D eigenvalue weighted by Crippen LogP contribution is 2.40. The lowest BCUT2D eigenvalue weighted by atomic mass is 9.86. The summed E-state index contributed by atoms with van der Waals surface area (Å²) < 4.78 is 11.0. The summed E-state index contributed by atoms with van der Waals surface area (Å²) in [6, 6.07) is 3.47. The maximum absolute atomic E-state index is 13.0. The molecule has 2 aliphatic rings. The SMILES string of the molecule is CCCNC(=O)N1CCc2cc(OC)c(OC)cc2[C@H]1[C@H](CC)NC(=O)C1CC1. The Morgan fingerprint density at radius 3 is 2.45 bits per heavy atom. The molecule has 2 atom stereocenters. The third-order valence-corrected chi connectivity index (χ3v) is 5.81. The van der Waals surface area contributed by atoms with Crippen molar-refractivity contribution in [2.45, 2.75) is 58.0 Å². The number of hydrogen-bond acceptors (Lipinski definition) is 4. The molecule has 7 nitrogen and oxygen atoms in total. The highest BCUT2D eigenvalue weighted by Gasteiger charge is 2.39. The molecule has 1 aliphatic carbocycles. The highest BCUT2D eigenvalue weighted by molar-refractivity contribution is 5.81. The smallest absolute Gasteiger partial charge is 0.317 e. The summed E-state index contributed by atoms with van der Waals surface area (Å²) in [7, 11) is 3.24. The van der Waals surface area contributed by atoms with Crippen LogP contribution in [0.4, 0.5) is 4.79 Å². The minimum absolute atomic E-state index is 0.0867. The predicted molar refractivity (Wildman–Crippen MR) is 111 cm³/mol. The fourth-order valence-corrected chi connectivity index (χ4v) is 4.02. The Hall–Kier alpha value is -2.44. The summed E-state index contributed by atoms with van der Waals surface area (Å²) in [6.07, 6.45) is 4.25. The molecule has 3 amide bonds. The number of methoxy groups -OCH3 is 2. The maximum atomic E-state index is 13.0. The molecule has 1 aliphatic heterocycles. The molecule has 0 bridgehead atoms. The number of amides is 3. The molecule has 160 valence electrons. The fourth-order valence-electron chi connectivity index (χ4n) is 4.02. The molecule has 0 unspecified atom stereocenters. The molecule has 1 aromatic carbocycles. The summed E-state index contributed by atoms with van der Waals surface area (Å²) in [5.41, 5.74) is 2.15. The number of nitrogens with one attached hydrogen (secondary N) is 2. The van der Waals surface area contributed by atoms with Crippen LogP contribution in [0.5, 0.6) is 11.5 Å². The van der Waals surface area contributed by atoms with Crippen molar-refractivity contribution in [3.8, 4) is 11.5 Å². The Kier molecular flexibility index (Phi) is 6.87. The number of fused-ring (bicyclic) bond motifs is 1. The zero-order chi connectivity index (χ0) is 21.0. The van der Waals surface area contributed by atoms with Crippen LogP contribution < -0.4 is 20.1 Å². The van der Waals surface area contributed by atoms with Gasteiger partial charge >= 0.3 is 6.03 Å². The van der Waals surface area contributed by atoms with E-state index >= 15 is 0 Å². The van der Waals surface area contributed by atoms with Gasteiger partial charge in [-0.25, -0.2) is 4.79 Å². The van der Waals surface area contributed by atoms with Gasteiger partial charge in [0.2, 0.25) is 5.91 Å². The van der Waals surface area contributed by atoms with Crippen molar-refractivity contribution >= 4 is 11.9 Å². The minimum atomic E-state index is -0.247. The van der Waals surface area contributed by atoms with E-state index in [1.165, 1.54) is 0 Å². The zero-order valence-corrected chi connectivity index (χ0v) is 17.9. The van der Waals surface area contributed by atoms with Crippen molar-refractivity contribution in [1.82, 2.24) is 15.5 Å². The number of benzene rings is 1. The molecule has 1 fully saturated rings. The predicted octanol–water partition coefficient (Wildman–Crippen LogP) is 3.03. The second kappa shape index (κ2) is 9.37. The molecule has 7 heteroatoms. The van der Waals surface area contributed by atoms with E-state index in [9.17, 15) is 9.59 Å². The Labute approximate surface area is 173 Å². The van der Waals surface area contributed by atoms with Crippen LogP contribution in [0.1, 0.15) is 56.7 Å². The first-order chi connectivity index (χ1) is 14.0. The molecule has 2 N–H and O–H groups in total. The number of nitrogens with zero attached hydrogens (tertiary/aromatic N) is 1. The van der Waals surface area contributed by atoms with Gasteiger partial charge < -0.3 is 25.0 Å². The van der Waals surface area contributed by atoms with Crippen LogP contribution in [0.3, 0.4) is 0 Å². The summed E-state index contributed by atoms with van der Waals surface area (Å²) in [5.74, 6) is 1.54. The molecule has 1 saturated carbocycles. The Morgan fingerprint density at radius 2 is 1.86 bits per heavy atom. The first-order valence-corrected chi connectivity index (χ1v) is 10.6. The first kappa shape index (κ1) is 21.3. The molecule has 0 radical (unpaired) electrons. The van der Waals surface area contributed by atoms with Crippen LogP contribution in [0.2, 0.25) is 0 Å². The van der Waals surface area contributed by atoms with E-state index in [1.54, 1.807) is 14.2 Å². The van der Waals surface area contributed by atoms with Crippen LogP contribution in [-0.2, 0) is 11.2 Å². The summed E-state index contributed by atoms with van der Waals surface area (Å²) in [5, 5.41) is 6.21. The molecule has 1 aromatic rings. The second-order valence-electron chi connectivity index (χ2n) is 7.82. The Morgan fingerprint density at radius 1 is 1.17 bits per heavy atom. The molecule has 1 heterocycles. The number of carbonyl (C=O) groups is 2.